The van der Waals surface area contributed by atoms with Gasteiger partial charge in [0.1, 0.15) is 5.76 Å². The molecule has 0 atom stereocenters. The zero-order chi connectivity index (χ0) is 9.40. The van der Waals surface area contributed by atoms with E-state index in [9.17, 15) is 4.79 Å². The van der Waals surface area contributed by atoms with Gasteiger partial charge in [-0.1, -0.05) is 0 Å². The fraction of sp³-hybridized carbons (Fsp3) is 0.250. The van der Waals surface area contributed by atoms with E-state index in [1.54, 1.807) is 18.2 Å². The lowest BCUT2D eigenvalue weighted by molar-refractivity contribution is 0.109. The first-order valence-electron chi connectivity index (χ1n) is 3.19. The first kappa shape index (κ1) is 10.7. The zero-order valence-electron chi connectivity index (χ0n) is 6.58. The molecule has 0 aliphatic heterocycles. The number of furan rings is 1. The smallest absolute Gasteiger partial charge is 0.185 e. The van der Waals surface area contributed by atoms with Gasteiger partial charge in [-0.15, -0.1) is 11.6 Å². The number of aldehydes is 1. The number of rotatable bonds is 2. The van der Waals surface area contributed by atoms with E-state index in [0.29, 0.717) is 23.7 Å². The molecular weight excluding hydrogens is 178 g/mol. The highest BCUT2D eigenvalue weighted by Crippen LogP contribution is 2.07. The molecule has 0 unspecified atom stereocenters. The molecule has 0 saturated carbocycles. The SMILES string of the molecule is CC#N.O=Cc1ccc(CCl)o1. The van der Waals surface area contributed by atoms with Crippen molar-refractivity contribution in [1.29, 1.82) is 5.26 Å². The van der Waals surface area contributed by atoms with Gasteiger partial charge in [0.2, 0.25) is 0 Å². The first-order valence-corrected chi connectivity index (χ1v) is 3.72. The molecule has 0 N–H and O–H groups in total. The molecule has 12 heavy (non-hydrogen) atoms. The van der Waals surface area contributed by atoms with Gasteiger partial charge in [0.15, 0.2) is 12.0 Å². The summed E-state index contributed by atoms with van der Waals surface area (Å²) in [5.41, 5.74) is 0. The van der Waals surface area contributed by atoms with Crippen LogP contribution >= 0.6 is 11.6 Å². The molecule has 1 rings (SSSR count). The normalized spacial score (nSPS) is 7.75. The van der Waals surface area contributed by atoms with Gasteiger partial charge in [-0.3, -0.25) is 4.79 Å². The van der Waals surface area contributed by atoms with Gasteiger partial charge >= 0.3 is 0 Å². The molecule has 0 spiro atoms. The van der Waals surface area contributed by atoms with Crippen LogP contribution in [0, 0.1) is 11.3 Å². The van der Waals surface area contributed by atoms with Crippen molar-refractivity contribution in [3.05, 3.63) is 23.7 Å². The number of hydrogen-bond donors (Lipinski definition) is 0. The Morgan fingerprint density at radius 2 is 2.33 bits per heavy atom. The van der Waals surface area contributed by atoms with E-state index in [1.165, 1.54) is 6.92 Å². The van der Waals surface area contributed by atoms with Crippen molar-refractivity contribution in [1.82, 2.24) is 0 Å². The maximum absolute atomic E-state index is 10.00. The number of halogens is 1. The summed E-state index contributed by atoms with van der Waals surface area (Å²) >= 11 is 5.39. The van der Waals surface area contributed by atoms with Gasteiger partial charge in [-0.05, 0) is 12.1 Å². The highest BCUT2D eigenvalue weighted by atomic mass is 35.5. The standard InChI is InChI=1S/C6H5ClO2.C2H3N/c7-3-5-1-2-6(4-8)9-5;1-2-3/h1-2,4H,3H2;1H3. The lowest BCUT2D eigenvalue weighted by Gasteiger charge is -1.81. The molecule has 0 fully saturated rings. The number of carbonyl (C=O) groups is 1. The summed E-state index contributed by atoms with van der Waals surface area (Å²) in [6.45, 7) is 1.43. The molecule has 3 nitrogen and oxygen atoms in total. The monoisotopic (exact) mass is 185 g/mol. The van der Waals surface area contributed by atoms with E-state index in [0.717, 1.165) is 0 Å². The lowest BCUT2D eigenvalue weighted by Crippen LogP contribution is -1.69. The van der Waals surface area contributed by atoms with E-state index in [4.69, 9.17) is 21.3 Å². The Morgan fingerprint density at radius 3 is 2.58 bits per heavy atom. The fourth-order valence-electron chi connectivity index (χ4n) is 0.530. The maximum atomic E-state index is 10.00. The van der Waals surface area contributed by atoms with Crippen molar-refractivity contribution in [3.8, 4) is 6.07 Å². The molecule has 0 aliphatic carbocycles. The Balaban J connectivity index is 0.000000354. The predicted molar refractivity (Wildman–Crippen MR) is 44.9 cm³/mol. The maximum Gasteiger partial charge on any atom is 0.185 e. The molecule has 0 amide bonds. The summed E-state index contributed by atoms with van der Waals surface area (Å²) in [5.74, 6) is 1.26. The van der Waals surface area contributed by atoms with Crippen LogP contribution in [0.5, 0.6) is 0 Å². The van der Waals surface area contributed by atoms with Gasteiger partial charge in [-0.25, -0.2) is 0 Å². The van der Waals surface area contributed by atoms with Crippen molar-refractivity contribution in [2.24, 2.45) is 0 Å². The van der Waals surface area contributed by atoms with Crippen LogP contribution in [0.4, 0.5) is 0 Å². The van der Waals surface area contributed by atoms with Crippen molar-refractivity contribution in [2.45, 2.75) is 12.8 Å². The first-order chi connectivity index (χ1) is 5.78. The quantitative estimate of drug-likeness (QED) is 0.525. The Morgan fingerprint density at radius 1 is 1.75 bits per heavy atom. The minimum atomic E-state index is 0.313. The summed E-state index contributed by atoms with van der Waals surface area (Å²) < 4.78 is 4.88. The van der Waals surface area contributed by atoms with Crippen LogP contribution in [-0.2, 0) is 5.88 Å². The number of nitriles is 1. The average molecular weight is 186 g/mol. The van der Waals surface area contributed by atoms with Crippen LogP contribution in [0.2, 0.25) is 0 Å². The summed E-state index contributed by atoms with van der Waals surface area (Å²) in [4.78, 5) is 10.00. The Labute approximate surface area is 75.5 Å². The van der Waals surface area contributed by atoms with Gasteiger partial charge in [0, 0.05) is 6.92 Å². The van der Waals surface area contributed by atoms with Gasteiger partial charge in [0.05, 0.1) is 11.9 Å². The van der Waals surface area contributed by atoms with E-state index >= 15 is 0 Å². The van der Waals surface area contributed by atoms with Gasteiger partial charge in [0.25, 0.3) is 0 Å². The van der Waals surface area contributed by atoms with Crippen molar-refractivity contribution >= 4 is 17.9 Å². The highest BCUT2D eigenvalue weighted by molar-refractivity contribution is 6.16. The highest BCUT2D eigenvalue weighted by Gasteiger charge is 1.96. The average Bonchev–Trinajstić information content (AvgIpc) is 2.53. The Hall–Kier alpha value is -1.27. The Bertz CT molecular complexity index is 275. The summed E-state index contributed by atoms with van der Waals surface area (Å²) in [7, 11) is 0. The van der Waals surface area contributed by atoms with E-state index in [1.807, 2.05) is 0 Å². The van der Waals surface area contributed by atoms with Crippen molar-refractivity contribution in [2.75, 3.05) is 0 Å². The van der Waals surface area contributed by atoms with E-state index < -0.39 is 0 Å². The molecule has 0 aromatic carbocycles. The van der Waals surface area contributed by atoms with Crippen LogP contribution in [0.25, 0.3) is 0 Å². The van der Waals surface area contributed by atoms with E-state index in [-0.39, 0.29) is 0 Å². The summed E-state index contributed by atoms with van der Waals surface area (Å²) in [6, 6.07) is 5.02. The fourth-order valence-corrected chi connectivity index (χ4v) is 0.673. The van der Waals surface area contributed by atoms with Crippen molar-refractivity contribution in [3.63, 3.8) is 0 Å². The zero-order valence-corrected chi connectivity index (χ0v) is 7.34. The van der Waals surface area contributed by atoms with Crippen LogP contribution < -0.4 is 0 Å². The molecular formula is C8H8ClNO2. The van der Waals surface area contributed by atoms with Crippen LogP contribution in [0.15, 0.2) is 16.5 Å². The molecule has 0 saturated heterocycles. The lowest BCUT2D eigenvalue weighted by atomic mass is 10.4. The number of alkyl halides is 1. The van der Waals surface area contributed by atoms with Gasteiger partial charge in [-0.2, -0.15) is 5.26 Å². The molecule has 0 bridgehead atoms. The number of hydrogen-bond acceptors (Lipinski definition) is 3. The summed E-state index contributed by atoms with van der Waals surface area (Å²) in [6.07, 6.45) is 0.649. The van der Waals surface area contributed by atoms with Crippen molar-refractivity contribution < 1.29 is 9.21 Å². The second kappa shape index (κ2) is 6.44. The third-order valence-electron chi connectivity index (χ3n) is 0.930. The van der Waals surface area contributed by atoms with Crippen LogP contribution in [-0.4, -0.2) is 6.29 Å². The van der Waals surface area contributed by atoms with E-state index in [2.05, 4.69) is 0 Å². The molecule has 0 radical (unpaired) electrons. The number of nitrogens with zero attached hydrogens (tertiary/aromatic N) is 1. The second-order valence-corrected chi connectivity index (χ2v) is 2.05. The number of carbonyl (C=O) groups excluding carboxylic acids is 1. The molecule has 4 heteroatoms. The van der Waals surface area contributed by atoms with Crippen LogP contribution in [0.1, 0.15) is 23.2 Å². The molecule has 1 aromatic rings. The Kier molecular flexibility index (Phi) is 5.76. The largest absolute Gasteiger partial charge is 0.457 e. The second-order valence-electron chi connectivity index (χ2n) is 1.78. The third-order valence-corrected chi connectivity index (χ3v) is 1.19. The minimum absolute atomic E-state index is 0.313. The minimum Gasteiger partial charge on any atom is -0.457 e. The predicted octanol–water partition coefficient (Wildman–Crippen LogP) is 2.36. The summed E-state index contributed by atoms with van der Waals surface area (Å²) in [5, 5.41) is 7.32. The van der Waals surface area contributed by atoms with Gasteiger partial charge < -0.3 is 4.42 Å². The molecule has 0 aliphatic rings. The third kappa shape index (κ3) is 3.79. The van der Waals surface area contributed by atoms with Crippen LogP contribution in [0.3, 0.4) is 0 Å². The molecule has 64 valence electrons. The topological polar surface area (TPSA) is 54.0 Å². The molecule has 1 aromatic heterocycles. The molecule has 1 heterocycles.